The van der Waals surface area contributed by atoms with Crippen molar-refractivity contribution in [3.05, 3.63) is 102 Å². The molecule has 0 aromatic heterocycles. The molecule has 0 atom stereocenters. The maximum atomic E-state index is 12.4. The van der Waals surface area contributed by atoms with Crippen LogP contribution < -0.4 is 5.32 Å². The molecular formula is C22H18N2OS. The molecule has 3 aromatic rings. The number of carbonyl (C=O) groups is 1. The molecule has 0 unspecified atom stereocenters. The van der Waals surface area contributed by atoms with E-state index >= 15 is 0 Å². The van der Waals surface area contributed by atoms with Crippen molar-refractivity contribution < 1.29 is 4.79 Å². The second-order valence-electron chi connectivity index (χ2n) is 5.75. The summed E-state index contributed by atoms with van der Waals surface area (Å²) in [6, 6.07) is 29.4. The third-order valence-corrected chi connectivity index (χ3v) is 5.17. The lowest BCUT2D eigenvalue weighted by molar-refractivity contribution is -0.113. The number of carbonyl (C=O) groups excluding carboxylic acids is 1. The lowest BCUT2D eigenvalue weighted by atomic mass is 10.0. The van der Waals surface area contributed by atoms with Gasteiger partial charge in [-0.25, -0.2) is 0 Å². The lowest BCUT2D eigenvalue weighted by Gasteiger charge is -2.17. The fraction of sp³-hybridized carbons (Fsp3) is 0.0909. The van der Waals surface area contributed by atoms with Crippen LogP contribution in [0.25, 0.3) is 0 Å². The monoisotopic (exact) mass is 358 g/mol. The van der Waals surface area contributed by atoms with E-state index in [2.05, 4.69) is 35.7 Å². The molecule has 0 aliphatic heterocycles. The molecule has 3 aromatic carbocycles. The Hall–Kier alpha value is -3.03. The number of thioether (sulfide) groups is 1. The minimum Gasteiger partial charge on any atom is -0.325 e. The van der Waals surface area contributed by atoms with Crippen LogP contribution in [0.3, 0.4) is 0 Å². The zero-order valence-electron chi connectivity index (χ0n) is 14.1. The Morgan fingerprint density at radius 3 is 2.12 bits per heavy atom. The van der Waals surface area contributed by atoms with E-state index < -0.39 is 0 Å². The zero-order valence-corrected chi connectivity index (χ0v) is 14.9. The van der Waals surface area contributed by atoms with E-state index in [1.165, 1.54) is 11.1 Å². The lowest BCUT2D eigenvalue weighted by Crippen LogP contribution is -2.15. The van der Waals surface area contributed by atoms with E-state index in [0.29, 0.717) is 17.0 Å². The molecule has 0 saturated carbocycles. The van der Waals surface area contributed by atoms with Crippen molar-refractivity contribution in [2.24, 2.45) is 0 Å². The normalized spacial score (nSPS) is 10.3. The van der Waals surface area contributed by atoms with Crippen LogP contribution in [-0.4, -0.2) is 11.7 Å². The highest BCUT2D eigenvalue weighted by Gasteiger charge is 2.16. The third-order valence-electron chi connectivity index (χ3n) is 3.86. The minimum atomic E-state index is -0.0815. The molecule has 1 N–H and O–H groups in total. The Morgan fingerprint density at radius 2 is 1.54 bits per heavy atom. The Bertz CT molecular complexity index is 865. The van der Waals surface area contributed by atoms with E-state index in [1.54, 1.807) is 36.0 Å². The van der Waals surface area contributed by atoms with Crippen LogP contribution >= 0.6 is 11.8 Å². The summed E-state index contributed by atoms with van der Waals surface area (Å²) in [6.45, 7) is 0. The SMILES string of the molecule is N#Cc1cccc(NC(=O)CSC(c2ccccc2)c2ccccc2)c1. The van der Waals surface area contributed by atoms with Crippen molar-refractivity contribution in [3.8, 4) is 6.07 Å². The molecule has 0 bridgehead atoms. The van der Waals surface area contributed by atoms with Crippen LogP contribution in [0.1, 0.15) is 21.9 Å². The first-order valence-electron chi connectivity index (χ1n) is 8.28. The van der Waals surface area contributed by atoms with Gasteiger partial charge in [-0.05, 0) is 29.3 Å². The Kier molecular flexibility index (Phi) is 6.08. The van der Waals surface area contributed by atoms with Gasteiger partial charge >= 0.3 is 0 Å². The first kappa shape index (κ1) is 17.8. The number of nitrogens with zero attached hydrogens (tertiary/aromatic N) is 1. The zero-order chi connectivity index (χ0) is 18.2. The molecule has 0 fully saturated rings. The summed E-state index contributed by atoms with van der Waals surface area (Å²) >= 11 is 1.59. The number of rotatable bonds is 6. The van der Waals surface area contributed by atoms with Crippen LogP contribution in [0.2, 0.25) is 0 Å². The van der Waals surface area contributed by atoms with E-state index in [9.17, 15) is 4.79 Å². The van der Waals surface area contributed by atoms with Crippen molar-refractivity contribution in [2.45, 2.75) is 5.25 Å². The Morgan fingerprint density at radius 1 is 0.923 bits per heavy atom. The van der Waals surface area contributed by atoms with E-state index in [1.807, 2.05) is 36.4 Å². The van der Waals surface area contributed by atoms with E-state index in [-0.39, 0.29) is 11.2 Å². The summed E-state index contributed by atoms with van der Waals surface area (Å²) < 4.78 is 0. The third kappa shape index (κ3) is 4.75. The molecule has 0 heterocycles. The van der Waals surface area contributed by atoms with Gasteiger partial charge in [0.25, 0.3) is 0 Å². The second-order valence-corrected chi connectivity index (χ2v) is 6.85. The number of anilines is 1. The standard InChI is InChI=1S/C22H18N2OS/c23-15-17-8-7-13-20(14-17)24-21(25)16-26-22(18-9-3-1-4-10-18)19-11-5-2-6-12-19/h1-14,22H,16H2,(H,24,25). The van der Waals surface area contributed by atoms with Gasteiger partial charge in [-0.1, -0.05) is 66.7 Å². The summed E-state index contributed by atoms with van der Waals surface area (Å²) in [4.78, 5) is 12.4. The van der Waals surface area contributed by atoms with Crippen LogP contribution in [0.15, 0.2) is 84.9 Å². The molecule has 1 amide bonds. The van der Waals surface area contributed by atoms with Crippen molar-refractivity contribution in [2.75, 3.05) is 11.1 Å². The second kappa shape index (κ2) is 8.89. The fourth-order valence-corrected chi connectivity index (χ4v) is 3.75. The van der Waals surface area contributed by atoms with Gasteiger partial charge < -0.3 is 5.32 Å². The van der Waals surface area contributed by atoms with Gasteiger partial charge in [0.2, 0.25) is 5.91 Å². The summed E-state index contributed by atoms with van der Waals surface area (Å²) in [6.07, 6.45) is 0. The molecule has 26 heavy (non-hydrogen) atoms. The average molecular weight is 358 g/mol. The van der Waals surface area contributed by atoms with Gasteiger partial charge in [0.05, 0.1) is 22.6 Å². The van der Waals surface area contributed by atoms with Gasteiger partial charge in [0, 0.05) is 5.69 Å². The number of benzene rings is 3. The first-order valence-corrected chi connectivity index (χ1v) is 9.32. The molecular weight excluding hydrogens is 340 g/mol. The van der Waals surface area contributed by atoms with E-state index in [0.717, 1.165) is 0 Å². The van der Waals surface area contributed by atoms with Crippen molar-refractivity contribution in [3.63, 3.8) is 0 Å². The summed E-state index contributed by atoms with van der Waals surface area (Å²) in [5.74, 6) is 0.243. The molecule has 128 valence electrons. The maximum absolute atomic E-state index is 12.4. The minimum absolute atomic E-state index is 0.0815. The van der Waals surface area contributed by atoms with E-state index in [4.69, 9.17) is 5.26 Å². The quantitative estimate of drug-likeness (QED) is 0.673. The highest BCUT2D eigenvalue weighted by Crippen LogP contribution is 2.35. The predicted octanol–water partition coefficient (Wildman–Crippen LogP) is 5.02. The van der Waals surface area contributed by atoms with Crippen LogP contribution in [-0.2, 0) is 4.79 Å². The molecule has 3 nitrogen and oxygen atoms in total. The van der Waals surface area contributed by atoms with Crippen LogP contribution in [0.4, 0.5) is 5.69 Å². The van der Waals surface area contributed by atoms with Gasteiger partial charge in [-0.2, -0.15) is 5.26 Å². The number of amides is 1. The molecule has 0 radical (unpaired) electrons. The Balaban J connectivity index is 1.70. The summed E-state index contributed by atoms with van der Waals surface area (Å²) in [7, 11) is 0. The fourth-order valence-electron chi connectivity index (χ4n) is 2.66. The molecule has 0 aliphatic rings. The summed E-state index contributed by atoms with van der Waals surface area (Å²) in [5.41, 5.74) is 3.51. The first-order chi connectivity index (χ1) is 12.8. The van der Waals surface area contributed by atoms with Crippen molar-refractivity contribution in [1.29, 1.82) is 5.26 Å². The molecule has 0 spiro atoms. The highest BCUT2D eigenvalue weighted by molar-refractivity contribution is 8.00. The van der Waals surface area contributed by atoms with Gasteiger partial charge in [-0.3, -0.25) is 4.79 Å². The van der Waals surface area contributed by atoms with Gasteiger partial charge in [-0.15, -0.1) is 11.8 Å². The Labute approximate surface area is 157 Å². The van der Waals surface area contributed by atoms with Crippen LogP contribution in [0, 0.1) is 11.3 Å². The topological polar surface area (TPSA) is 52.9 Å². The largest absolute Gasteiger partial charge is 0.325 e. The maximum Gasteiger partial charge on any atom is 0.234 e. The number of hydrogen-bond acceptors (Lipinski definition) is 3. The van der Waals surface area contributed by atoms with Gasteiger partial charge in [0.1, 0.15) is 0 Å². The molecule has 3 rings (SSSR count). The number of nitriles is 1. The molecule has 0 saturated heterocycles. The average Bonchev–Trinajstić information content (AvgIpc) is 2.70. The summed E-state index contributed by atoms with van der Waals surface area (Å²) in [5, 5.41) is 11.9. The predicted molar refractivity (Wildman–Crippen MR) is 107 cm³/mol. The number of hydrogen-bond donors (Lipinski definition) is 1. The van der Waals surface area contributed by atoms with Crippen molar-refractivity contribution >= 4 is 23.4 Å². The molecule has 4 heteroatoms. The highest BCUT2D eigenvalue weighted by atomic mass is 32.2. The number of nitrogens with one attached hydrogen (secondary N) is 1. The van der Waals surface area contributed by atoms with Crippen LogP contribution in [0.5, 0.6) is 0 Å². The smallest absolute Gasteiger partial charge is 0.234 e. The molecule has 0 aliphatic carbocycles. The van der Waals surface area contributed by atoms with Gasteiger partial charge in [0.15, 0.2) is 0 Å². The van der Waals surface area contributed by atoms with Crippen molar-refractivity contribution in [1.82, 2.24) is 0 Å².